The van der Waals surface area contributed by atoms with E-state index in [1.54, 1.807) is 4.57 Å². The van der Waals surface area contributed by atoms with Gasteiger partial charge in [-0.05, 0) is 25.5 Å². The van der Waals surface area contributed by atoms with Gasteiger partial charge in [-0.2, -0.15) is 0 Å². The van der Waals surface area contributed by atoms with Crippen LogP contribution in [0.2, 0.25) is 15.1 Å². The van der Waals surface area contributed by atoms with Gasteiger partial charge in [0.05, 0.1) is 20.6 Å². The Morgan fingerprint density at radius 3 is 2.50 bits per heavy atom. The summed E-state index contributed by atoms with van der Waals surface area (Å²) < 4.78 is 8.37. The van der Waals surface area contributed by atoms with Gasteiger partial charge in [0, 0.05) is 13.1 Å². The number of hydrogen-bond acceptors (Lipinski definition) is 5. The molecule has 30 heavy (non-hydrogen) atoms. The van der Waals surface area contributed by atoms with Gasteiger partial charge in [-0.25, -0.2) is 14.6 Å². The van der Waals surface area contributed by atoms with E-state index < -0.39 is 17.2 Å². The molecule has 0 radical (unpaired) electrons. The fourth-order valence-electron chi connectivity index (χ4n) is 3.11. The monoisotopic (exact) mass is 472 g/mol. The van der Waals surface area contributed by atoms with E-state index in [0.717, 1.165) is 12.8 Å². The van der Waals surface area contributed by atoms with Gasteiger partial charge in [-0.15, -0.1) is 0 Å². The quantitative estimate of drug-likeness (QED) is 0.413. The molecule has 0 aliphatic heterocycles. The number of ether oxygens (including phenoxy) is 1. The van der Waals surface area contributed by atoms with E-state index in [1.165, 1.54) is 16.7 Å². The molecule has 160 valence electrons. The van der Waals surface area contributed by atoms with Gasteiger partial charge in [-0.3, -0.25) is 14.3 Å². The van der Waals surface area contributed by atoms with Gasteiger partial charge in [-0.1, -0.05) is 48.1 Å². The minimum Gasteiger partial charge on any atom is -0.454 e. The van der Waals surface area contributed by atoms with Crippen molar-refractivity contribution in [3.63, 3.8) is 0 Å². The number of carbonyl (C=O) groups is 1. The number of aryl methyl sites for hydroxylation is 2. The van der Waals surface area contributed by atoms with E-state index in [-0.39, 0.29) is 38.4 Å². The molecule has 2 heterocycles. The third-order valence-corrected chi connectivity index (χ3v) is 5.72. The van der Waals surface area contributed by atoms with Gasteiger partial charge in [0.2, 0.25) is 0 Å². The van der Waals surface area contributed by atoms with Crippen molar-refractivity contribution in [2.75, 3.05) is 0 Å². The predicted molar refractivity (Wildman–Crippen MR) is 116 cm³/mol. The lowest BCUT2D eigenvalue weighted by Gasteiger charge is -2.09. The van der Waals surface area contributed by atoms with E-state index in [0.29, 0.717) is 18.9 Å². The van der Waals surface area contributed by atoms with Crippen LogP contribution in [0.15, 0.2) is 21.7 Å². The molecule has 0 aliphatic carbocycles. The number of hydrogen-bond donors (Lipinski definition) is 1. The van der Waals surface area contributed by atoms with Crippen molar-refractivity contribution in [3.05, 3.63) is 59.4 Å². The van der Waals surface area contributed by atoms with Gasteiger partial charge < -0.3 is 9.30 Å². The molecule has 8 nitrogen and oxygen atoms in total. The number of unbranched alkanes of at least 4 members (excludes halogenated alkanes) is 1. The van der Waals surface area contributed by atoms with Gasteiger partial charge in [0.1, 0.15) is 12.4 Å². The third kappa shape index (κ3) is 4.12. The number of halogens is 3. The summed E-state index contributed by atoms with van der Waals surface area (Å²) in [7, 11) is 0. The SMILES string of the molecule is CCCCn1c(=O)[nH]c(=O)c2c1nc(COC(=O)c1c(Cl)ccc(Cl)c1Cl)n2CC. The molecule has 0 fully saturated rings. The van der Waals surface area contributed by atoms with Crippen LogP contribution in [-0.2, 0) is 24.4 Å². The van der Waals surface area contributed by atoms with Crippen molar-refractivity contribution < 1.29 is 9.53 Å². The number of nitrogens with one attached hydrogen (secondary N) is 1. The fourth-order valence-corrected chi connectivity index (χ4v) is 3.79. The van der Waals surface area contributed by atoms with Crippen molar-refractivity contribution in [3.8, 4) is 0 Å². The van der Waals surface area contributed by atoms with Crippen LogP contribution in [0.3, 0.4) is 0 Å². The maximum atomic E-state index is 12.5. The standard InChI is InChI=1S/C19H19Cl3N4O4/c1-3-5-8-26-16-15(17(27)24-19(26)29)25(4-2)12(23-16)9-30-18(28)13-10(20)6-7-11(21)14(13)22/h6-7H,3-5,8-9H2,1-2H3,(H,24,27,29). The number of rotatable bonds is 7. The first-order valence-electron chi connectivity index (χ1n) is 9.32. The summed E-state index contributed by atoms with van der Waals surface area (Å²) in [4.78, 5) is 44.0. The summed E-state index contributed by atoms with van der Waals surface area (Å²) in [5, 5.41) is 0.256. The molecule has 0 amide bonds. The average molecular weight is 474 g/mol. The van der Waals surface area contributed by atoms with Crippen LogP contribution in [0.5, 0.6) is 0 Å². The third-order valence-electron chi connectivity index (χ3n) is 4.60. The molecule has 0 saturated heterocycles. The molecule has 0 aliphatic rings. The van der Waals surface area contributed by atoms with Gasteiger partial charge >= 0.3 is 11.7 Å². The number of esters is 1. The Kier molecular flexibility index (Phi) is 6.90. The Morgan fingerprint density at radius 1 is 1.13 bits per heavy atom. The van der Waals surface area contributed by atoms with Crippen LogP contribution in [0, 0.1) is 0 Å². The summed E-state index contributed by atoms with van der Waals surface area (Å²) in [6.07, 6.45) is 1.61. The second-order valence-electron chi connectivity index (χ2n) is 6.50. The molecular weight excluding hydrogens is 455 g/mol. The van der Waals surface area contributed by atoms with Crippen LogP contribution >= 0.6 is 34.8 Å². The number of H-pyrrole nitrogens is 1. The van der Waals surface area contributed by atoms with Crippen molar-refractivity contribution in [1.29, 1.82) is 0 Å². The molecule has 3 rings (SSSR count). The molecule has 0 atom stereocenters. The summed E-state index contributed by atoms with van der Waals surface area (Å²) in [5.41, 5.74) is -0.622. The van der Waals surface area contributed by atoms with E-state index in [4.69, 9.17) is 39.5 Å². The summed E-state index contributed by atoms with van der Waals surface area (Å²) in [5.74, 6) is -0.462. The fraction of sp³-hybridized carbons (Fsp3) is 0.368. The van der Waals surface area contributed by atoms with Crippen LogP contribution in [-0.4, -0.2) is 25.1 Å². The molecule has 0 spiro atoms. The molecule has 2 aromatic heterocycles. The van der Waals surface area contributed by atoms with E-state index in [9.17, 15) is 14.4 Å². The smallest absolute Gasteiger partial charge is 0.341 e. The lowest BCUT2D eigenvalue weighted by molar-refractivity contribution is 0.0459. The first kappa shape index (κ1) is 22.4. The molecule has 0 saturated carbocycles. The van der Waals surface area contributed by atoms with Crippen molar-refractivity contribution in [1.82, 2.24) is 19.1 Å². The first-order chi connectivity index (χ1) is 14.3. The molecule has 11 heteroatoms. The highest BCUT2D eigenvalue weighted by molar-refractivity contribution is 6.46. The molecule has 1 aromatic carbocycles. The highest BCUT2D eigenvalue weighted by Gasteiger charge is 2.22. The molecule has 3 aromatic rings. The first-order valence-corrected chi connectivity index (χ1v) is 10.5. The molecule has 1 N–H and O–H groups in total. The number of aromatic nitrogens is 4. The zero-order valence-electron chi connectivity index (χ0n) is 16.3. The van der Waals surface area contributed by atoms with E-state index in [1.807, 2.05) is 13.8 Å². The second-order valence-corrected chi connectivity index (χ2v) is 7.70. The number of nitrogens with zero attached hydrogens (tertiary/aromatic N) is 3. The minimum absolute atomic E-state index is 0.0111. The largest absolute Gasteiger partial charge is 0.454 e. The van der Waals surface area contributed by atoms with Crippen LogP contribution < -0.4 is 11.2 Å². The van der Waals surface area contributed by atoms with E-state index >= 15 is 0 Å². The van der Waals surface area contributed by atoms with Gasteiger partial charge in [0.25, 0.3) is 5.56 Å². The van der Waals surface area contributed by atoms with Crippen molar-refractivity contribution in [2.24, 2.45) is 0 Å². The Morgan fingerprint density at radius 2 is 1.83 bits per heavy atom. The molecule has 0 bridgehead atoms. The predicted octanol–water partition coefficient (Wildman–Crippen LogP) is 4.02. The van der Waals surface area contributed by atoms with Crippen molar-refractivity contribution in [2.45, 2.75) is 46.4 Å². The lowest BCUT2D eigenvalue weighted by Crippen LogP contribution is -2.31. The topological polar surface area (TPSA) is 99.0 Å². The highest BCUT2D eigenvalue weighted by atomic mass is 35.5. The maximum Gasteiger partial charge on any atom is 0.341 e. The highest BCUT2D eigenvalue weighted by Crippen LogP contribution is 2.32. The second kappa shape index (κ2) is 9.24. The van der Waals surface area contributed by atoms with E-state index in [2.05, 4.69) is 9.97 Å². The average Bonchev–Trinajstić information content (AvgIpc) is 3.08. The summed E-state index contributed by atoms with van der Waals surface area (Å²) >= 11 is 18.1. The Balaban J connectivity index is 2.00. The lowest BCUT2D eigenvalue weighted by atomic mass is 10.2. The minimum atomic E-state index is -0.778. The van der Waals surface area contributed by atoms with Crippen LogP contribution in [0.1, 0.15) is 42.9 Å². The molecular formula is C19H19Cl3N4O4. The normalized spacial score (nSPS) is 11.2. The maximum absolute atomic E-state index is 12.5. The zero-order chi connectivity index (χ0) is 22.0. The van der Waals surface area contributed by atoms with Gasteiger partial charge in [0.15, 0.2) is 11.2 Å². The summed E-state index contributed by atoms with van der Waals surface area (Å²) in [6.45, 7) is 4.36. The van der Waals surface area contributed by atoms with Crippen LogP contribution in [0.25, 0.3) is 11.2 Å². The number of fused-ring (bicyclic) bond motifs is 1. The van der Waals surface area contributed by atoms with Crippen LogP contribution in [0.4, 0.5) is 0 Å². The molecule has 0 unspecified atom stereocenters. The van der Waals surface area contributed by atoms with Crippen molar-refractivity contribution >= 4 is 51.9 Å². The Bertz CT molecular complexity index is 1230. The zero-order valence-corrected chi connectivity index (χ0v) is 18.6. The number of imidazole rings is 1. The number of carbonyl (C=O) groups excluding carboxylic acids is 1. The number of benzene rings is 1. The summed E-state index contributed by atoms with van der Waals surface area (Å²) in [6, 6.07) is 2.92. The number of aromatic amines is 1. The Hall–Kier alpha value is -2.29. The Labute approximate surface area is 186 Å².